The van der Waals surface area contributed by atoms with Gasteiger partial charge in [-0.15, -0.1) is 6.58 Å². The summed E-state index contributed by atoms with van der Waals surface area (Å²) in [5.74, 6) is -1.43. The number of benzene rings is 1. The third kappa shape index (κ3) is 3.49. The Morgan fingerprint density at radius 1 is 1.37 bits per heavy atom. The van der Waals surface area contributed by atoms with Gasteiger partial charge in [-0.3, -0.25) is 9.69 Å². The first-order valence-electron chi connectivity index (χ1n) is 5.48. The van der Waals surface area contributed by atoms with Crippen LogP contribution in [0.3, 0.4) is 0 Å². The van der Waals surface area contributed by atoms with Crippen molar-refractivity contribution in [2.24, 2.45) is 0 Å². The average molecular weight is 273 g/mol. The molecular weight excluding hydrogens is 259 g/mol. The Kier molecular flexibility index (Phi) is 4.58. The van der Waals surface area contributed by atoms with Crippen LogP contribution in [0.15, 0.2) is 36.9 Å². The lowest BCUT2D eigenvalue weighted by molar-refractivity contribution is -0.170. The van der Waals surface area contributed by atoms with Crippen molar-refractivity contribution in [2.45, 2.75) is 19.1 Å². The van der Waals surface area contributed by atoms with Crippen LogP contribution >= 0.6 is 0 Å². The maximum absolute atomic E-state index is 12.6. The van der Waals surface area contributed by atoms with E-state index in [1.807, 2.05) is 0 Å². The van der Waals surface area contributed by atoms with E-state index in [0.29, 0.717) is 10.6 Å². The number of nitrogens with zero attached hydrogens (tertiary/aromatic N) is 1. The molecule has 0 aromatic heterocycles. The Balaban J connectivity index is 3.16. The molecule has 1 rings (SSSR count). The van der Waals surface area contributed by atoms with Crippen LogP contribution in [0.4, 0.5) is 18.9 Å². The molecule has 0 saturated carbocycles. The second-order valence-electron chi connectivity index (χ2n) is 3.85. The summed E-state index contributed by atoms with van der Waals surface area (Å²) in [6.45, 7) is 4.88. The first-order valence-corrected chi connectivity index (χ1v) is 5.48. The van der Waals surface area contributed by atoms with E-state index in [0.717, 1.165) is 0 Å². The number of carbonyl (C=O) groups is 1. The van der Waals surface area contributed by atoms with Gasteiger partial charge in [-0.05, 0) is 31.2 Å². The van der Waals surface area contributed by atoms with E-state index in [4.69, 9.17) is 4.74 Å². The van der Waals surface area contributed by atoms with E-state index in [1.54, 1.807) is 0 Å². The summed E-state index contributed by atoms with van der Waals surface area (Å²) in [7, 11) is 1.44. The van der Waals surface area contributed by atoms with Crippen molar-refractivity contribution >= 4 is 11.6 Å². The molecule has 19 heavy (non-hydrogen) atoms. The van der Waals surface area contributed by atoms with E-state index >= 15 is 0 Å². The number of alkyl halides is 3. The van der Waals surface area contributed by atoms with Gasteiger partial charge < -0.3 is 4.74 Å². The molecule has 0 saturated heterocycles. The van der Waals surface area contributed by atoms with Crippen LogP contribution in [0.25, 0.3) is 0 Å². The number of halogens is 3. The molecule has 1 aromatic carbocycles. The lowest BCUT2D eigenvalue weighted by atomic mass is 10.2. The third-order valence-electron chi connectivity index (χ3n) is 2.56. The van der Waals surface area contributed by atoms with Crippen LogP contribution in [0.5, 0.6) is 5.75 Å². The van der Waals surface area contributed by atoms with Gasteiger partial charge in [0.1, 0.15) is 5.75 Å². The minimum atomic E-state index is -4.93. The van der Waals surface area contributed by atoms with E-state index in [-0.39, 0.29) is 5.69 Å². The van der Waals surface area contributed by atoms with Gasteiger partial charge >= 0.3 is 12.1 Å². The molecule has 1 amide bonds. The van der Waals surface area contributed by atoms with Gasteiger partial charge in [0.05, 0.1) is 13.2 Å². The molecule has 0 radical (unpaired) electrons. The Labute approximate surface area is 109 Å². The zero-order valence-electron chi connectivity index (χ0n) is 10.6. The molecule has 0 fully saturated rings. The molecule has 1 atom stereocenters. The van der Waals surface area contributed by atoms with Crippen LogP contribution in [0, 0.1) is 0 Å². The highest BCUT2D eigenvalue weighted by Gasteiger charge is 2.44. The molecule has 0 spiro atoms. The van der Waals surface area contributed by atoms with Crippen molar-refractivity contribution in [2.75, 3.05) is 12.0 Å². The van der Waals surface area contributed by atoms with Crippen LogP contribution in [0.2, 0.25) is 0 Å². The number of ether oxygens (including phenoxy) is 1. The summed E-state index contributed by atoms with van der Waals surface area (Å²) in [5.41, 5.74) is 0.135. The first-order chi connectivity index (χ1) is 8.81. The van der Waals surface area contributed by atoms with Crippen molar-refractivity contribution in [1.29, 1.82) is 0 Å². The van der Waals surface area contributed by atoms with Crippen molar-refractivity contribution in [1.82, 2.24) is 0 Å². The van der Waals surface area contributed by atoms with E-state index in [9.17, 15) is 18.0 Å². The number of hydrogen-bond donors (Lipinski definition) is 0. The molecule has 0 bridgehead atoms. The molecule has 104 valence electrons. The molecular formula is C13H14F3NO2. The number of hydrogen-bond acceptors (Lipinski definition) is 2. The number of rotatable bonds is 4. The summed E-state index contributed by atoms with van der Waals surface area (Å²) in [5, 5.41) is 0. The molecule has 3 nitrogen and oxygen atoms in total. The zero-order chi connectivity index (χ0) is 14.6. The number of methoxy groups -OCH3 is 1. The van der Waals surface area contributed by atoms with Gasteiger partial charge in [0, 0.05) is 5.69 Å². The molecule has 0 aliphatic carbocycles. The van der Waals surface area contributed by atoms with E-state index in [1.165, 1.54) is 44.4 Å². The maximum atomic E-state index is 12.6. The van der Waals surface area contributed by atoms with Gasteiger partial charge in [-0.1, -0.05) is 6.08 Å². The molecule has 0 aliphatic rings. The molecule has 1 aromatic rings. The summed E-state index contributed by atoms with van der Waals surface area (Å²) in [4.78, 5) is 12.1. The molecule has 0 aliphatic heterocycles. The van der Waals surface area contributed by atoms with E-state index < -0.39 is 18.1 Å². The minimum Gasteiger partial charge on any atom is -0.497 e. The second kappa shape index (κ2) is 5.77. The quantitative estimate of drug-likeness (QED) is 0.789. The number of amides is 1. The number of anilines is 1. The minimum absolute atomic E-state index is 0.135. The van der Waals surface area contributed by atoms with Gasteiger partial charge in [0.15, 0.2) is 0 Å². The van der Waals surface area contributed by atoms with Crippen molar-refractivity contribution in [3.8, 4) is 5.75 Å². The Morgan fingerprint density at radius 3 is 2.26 bits per heavy atom. The Hall–Kier alpha value is -1.98. The average Bonchev–Trinajstić information content (AvgIpc) is 2.38. The fraction of sp³-hybridized carbons (Fsp3) is 0.308. The predicted molar refractivity (Wildman–Crippen MR) is 66.2 cm³/mol. The lowest BCUT2D eigenvalue weighted by Gasteiger charge is -2.28. The zero-order valence-corrected chi connectivity index (χ0v) is 10.6. The largest absolute Gasteiger partial charge is 0.497 e. The highest BCUT2D eigenvalue weighted by molar-refractivity contribution is 5.98. The summed E-state index contributed by atoms with van der Waals surface area (Å²) >= 11 is 0. The van der Waals surface area contributed by atoms with Crippen molar-refractivity contribution in [3.63, 3.8) is 0 Å². The second-order valence-corrected chi connectivity index (χ2v) is 3.85. The van der Waals surface area contributed by atoms with Crippen molar-refractivity contribution in [3.05, 3.63) is 36.9 Å². The molecule has 0 heterocycles. The van der Waals surface area contributed by atoms with Crippen LogP contribution < -0.4 is 9.64 Å². The predicted octanol–water partition coefficient (Wildman–Crippen LogP) is 3.17. The third-order valence-corrected chi connectivity index (χ3v) is 2.56. The van der Waals surface area contributed by atoms with E-state index in [2.05, 4.69) is 6.58 Å². The maximum Gasteiger partial charge on any atom is 0.471 e. The SMILES string of the molecule is C=C[C@@H](C)N(C(=O)C(F)(F)F)c1ccc(OC)cc1. The lowest BCUT2D eigenvalue weighted by Crippen LogP contribution is -2.45. The Morgan fingerprint density at radius 2 is 1.89 bits per heavy atom. The molecule has 0 N–H and O–H groups in total. The normalized spacial score (nSPS) is 12.7. The highest BCUT2D eigenvalue weighted by atomic mass is 19.4. The first kappa shape index (κ1) is 15.1. The monoisotopic (exact) mass is 273 g/mol. The van der Waals surface area contributed by atoms with Gasteiger partial charge in [-0.25, -0.2) is 0 Å². The fourth-order valence-electron chi connectivity index (χ4n) is 1.52. The smallest absolute Gasteiger partial charge is 0.471 e. The topological polar surface area (TPSA) is 29.5 Å². The standard InChI is InChI=1S/C13H14F3NO2/c1-4-9(2)17(12(18)13(14,15)16)10-5-7-11(19-3)8-6-10/h4-9H,1H2,2-3H3/t9-/m1/s1. The van der Waals surface area contributed by atoms with Crippen LogP contribution in [-0.4, -0.2) is 25.2 Å². The van der Waals surface area contributed by atoms with Gasteiger partial charge in [0.2, 0.25) is 0 Å². The highest BCUT2D eigenvalue weighted by Crippen LogP contribution is 2.27. The fourth-order valence-corrected chi connectivity index (χ4v) is 1.52. The van der Waals surface area contributed by atoms with Crippen LogP contribution in [-0.2, 0) is 4.79 Å². The van der Waals surface area contributed by atoms with Gasteiger partial charge in [-0.2, -0.15) is 13.2 Å². The summed E-state index contributed by atoms with van der Waals surface area (Å²) in [6, 6.07) is 4.98. The Bertz CT molecular complexity index is 454. The van der Waals surface area contributed by atoms with Crippen molar-refractivity contribution < 1.29 is 22.7 Å². The molecule has 6 heteroatoms. The summed E-state index contributed by atoms with van der Waals surface area (Å²) < 4.78 is 42.6. The molecule has 0 unspecified atom stereocenters. The van der Waals surface area contributed by atoms with Crippen LogP contribution in [0.1, 0.15) is 6.92 Å². The van der Waals surface area contributed by atoms with Gasteiger partial charge in [0.25, 0.3) is 0 Å². The summed E-state index contributed by atoms with van der Waals surface area (Å²) in [6.07, 6.45) is -3.66. The number of carbonyl (C=O) groups excluding carboxylic acids is 1.